The molecule has 1 heterocycles. The zero-order chi connectivity index (χ0) is 10.6. The smallest absolute Gasteiger partial charge is 0.181 e. The van der Waals surface area contributed by atoms with Gasteiger partial charge >= 0.3 is 0 Å². The lowest BCUT2D eigenvalue weighted by molar-refractivity contribution is 0.591. The topological polar surface area (TPSA) is 56.1 Å². The van der Waals surface area contributed by atoms with E-state index in [1.165, 1.54) is 18.4 Å². The summed E-state index contributed by atoms with van der Waals surface area (Å²) < 4.78 is 23.4. The summed E-state index contributed by atoms with van der Waals surface area (Å²) in [5.41, 5.74) is -0.0376. The van der Waals surface area contributed by atoms with Crippen LogP contribution in [-0.2, 0) is 16.4 Å². The Balaban J connectivity index is 2.47. The first-order valence-electron chi connectivity index (χ1n) is 4.31. The quantitative estimate of drug-likeness (QED) is 0.725. The molecule has 78 valence electrons. The van der Waals surface area contributed by atoms with E-state index in [9.17, 15) is 13.2 Å². The number of sulfone groups is 1. The molecule has 0 aromatic carbocycles. The monoisotopic (exact) mass is 215 g/mol. The number of nitrogens with zero attached hydrogens (tertiary/aromatic N) is 1. The van der Waals surface area contributed by atoms with Crippen molar-refractivity contribution < 1.29 is 8.42 Å². The summed E-state index contributed by atoms with van der Waals surface area (Å²) in [6.07, 6.45) is 5.11. The van der Waals surface area contributed by atoms with Gasteiger partial charge in [0.25, 0.3) is 0 Å². The predicted octanol–water partition coefficient (Wildman–Crippen LogP) is 0.283. The fourth-order valence-electron chi connectivity index (χ4n) is 1.10. The second-order valence-corrected chi connectivity index (χ2v) is 5.51. The summed E-state index contributed by atoms with van der Waals surface area (Å²) >= 11 is 0. The molecule has 0 radical (unpaired) electrons. The fourth-order valence-corrected chi connectivity index (χ4v) is 1.76. The van der Waals surface area contributed by atoms with Gasteiger partial charge in [-0.25, -0.2) is 8.42 Å². The minimum absolute atomic E-state index is 0.0376. The summed E-state index contributed by atoms with van der Waals surface area (Å²) in [5, 5.41) is 0. The second kappa shape index (κ2) is 4.41. The van der Waals surface area contributed by atoms with Crippen LogP contribution in [0.3, 0.4) is 0 Å². The van der Waals surface area contributed by atoms with Gasteiger partial charge in [-0.1, -0.05) is 0 Å². The zero-order valence-corrected chi connectivity index (χ0v) is 8.83. The molecule has 1 aromatic rings. The maximum absolute atomic E-state index is 10.8. The van der Waals surface area contributed by atoms with Crippen LogP contribution in [0.15, 0.2) is 29.3 Å². The van der Waals surface area contributed by atoms with Crippen molar-refractivity contribution in [2.75, 3.05) is 12.0 Å². The molecule has 5 heteroatoms. The number of pyridine rings is 1. The normalized spacial score (nSPS) is 11.5. The Morgan fingerprint density at radius 3 is 2.36 bits per heavy atom. The molecule has 0 fully saturated rings. The summed E-state index contributed by atoms with van der Waals surface area (Å²) in [4.78, 5) is 10.7. The molecule has 0 aliphatic rings. The van der Waals surface area contributed by atoms with Crippen LogP contribution in [0.5, 0.6) is 0 Å². The van der Waals surface area contributed by atoms with E-state index in [1.54, 1.807) is 17.0 Å². The Labute approximate surface area is 83.1 Å². The highest BCUT2D eigenvalue weighted by Gasteiger charge is 2.00. The molecule has 0 atom stereocenters. The van der Waals surface area contributed by atoms with Crippen molar-refractivity contribution in [3.8, 4) is 0 Å². The van der Waals surface area contributed by atoms with Gasteiger partial charge in [0.1, 0.15) is 9.84 Å². The number of hydrogen-bond acceptors (Lipinski definition) is 3. The molecule has 0 saturated heterocycles. The Morgan fingerprint density at radius 1 is 1.29 bits per heavy atom. The van der Waals surface area contributed by atoms with Gasteiger partial charge in [-0.15, -0.1) is 0 Å². The van der Waals surface area contributed by atoms with E-state index in [0.717, 1.165) is 0 Å². The summed E-state index contributed by atoms with van der Waals surface area (Å²) in [6.45, 7) is 0.618. The minimum atomic E-state index is -2.88. The highest BCUT2D eigenvalue weighted by Crippen LogP contribution is 1.93. The zero-order valence-electron chi connectivity index (χ0n) is 8.01. The van der Waals surface area contributed by atoms with Crippen LogP contribution in [0.1, 0.15) is 6.42 Å². The Morgan fingerprint density at radius 2 is 1.86 bits per heavy atom. The second-order valence-electron chi connectivity index (χ2n) is 3.26. The van der Waals surface area contributed by atoms with Gasteiger partial charge in [0, 0.05) is 37.3 Å². The van der Waals surface area contributed by atoms with Gasteiger partial charge in [0.05, 0.1) is 5.75 Å². The average molecular weight is 215 g/mol. The maximum Gasteiger partial charge on any atom is 0.181 e. The molecule has 0 aliphatic heterocycles. The molecule has 0 spiro atoms. The lowest BCUT2D eigenvalue weighted by atomic mass is 10.4. The first-order chi connectivity index (χ1) is 6.47. The molecule has 0 amide bonds. The molecule has 0 unspecified atom stereocenters. The van der Waals surface area contributed by atoms with E-state index in [1.807, 2.05) is 0 Å². The average Bonchev–Trinajstić information content (AvgIpc) is 2.06. The minimum Gasteiger partial charge on any atom is -0.354 e. The van der Waals surface area contributed by atoms with E-state index >= 15 is 0 Å². The Bertz CT molecular complexity index is 427. The third kappa shape index (κ3) is 4.23. The van der Waals surface area contributed by atoms with Crippen LogP contribution in [0.2, 0.25) is 0 Å². The maximum atomic E-state index is 10.8. The van der Waals surface area contributed by atoms with Crippen molar-refractivity contribution >= 4 is 9.84 Å². The summed E-state index contributed by atoms with van der Waals surface area (Å²) in [6, 6.07) is 2.92. The van der Waals surface area contributed by atoms with Crippen LogP contribution in [0, 0.1) is 0 Å². The largest absolute Gasteiger partial charge is 0.354 e. The van der Waals surface area contributed by atoms with E-state index in [-0.39, 0.29) is 11.2 Å². The number of hydrogen-bond donors (Lipinski definition) is 0. The van der Waals surface area contributed by atoms with E-state index < -0.39 is 9.84 Å². The Hall–Kier alpha value is -1.10. The van der Waals surface area contributed by atoms with Crippen molar-refractivity contribution in [1.29, 1.82) is 0 Å². The molecule has 0 bridgehead atoms. The number of rotatable bonds is 4. The van der Waals surface area contributed by atoms with Crippen molar-refractivity contribution in [1.82, 2.24) is 4.57 Å². The first kappa shape index (κ1) is 11.0. The summed E-state index contributed by atoms with van der Waals surface area (Å²) in [5.74, 6) is 0.180. The van der Waals surface area contributed by atoms with Crippen molar-refractivity contribution in [3.63, 3.8) is 0 Å². The molecular weight excluding hydrogens is 202 g/mol. The number of aromatic nitrogens is 1. The van der Waals surface area contributed by atoms with Crippen molar-refractivity contribution in [2.24, 2.45) is 0 Å². The van der Waals surface area contributed by atoms with Gasteiger partial charge in [0.2, 0.25) is 0 Å². The highest BCUT2D eigenvalue weighted by atomic mass is 32.2. The summed E-state index contributed by atoms with van der Waals surface area (Å²) in [7, 11) is -2.88. The first-order valence-corrected chi connectivity index (χ1v) is 6.37. The van der Waals surface area contributed by atoms with Crippen LogP contribution >= 0.6 is 0 Å². The highest BCUT2D eigenvalue weighted by molar-refractivity contribution is 7.90. The predicted molar refractivity (Wildman–Crippen MR) is 55.0 cm³/mol. The molecular formula is C9H13NO3S. The van der Waals surface area contributed by atoms with Crippen molar-refractivity contribution in [2.45, 2.75) is 13.0 Å². The van der Waals surface area contributed by atoms with Crippen LogP contribution in [0.4, 0.5) is 0 Å². The molecule has 1 aromatic heterocycles. The molecule has 0 aliphatic carbocycles. The SMILES string of the molecule is CS(=O)(=O)CCCn1ccc(=O)cc1. The van der Waals surface area contributed by atoms with Crippen LogP contribution in [-0.4, -0.2) is 25.0 Å². The van der Waals surface area contributed by atoms with Gasteiger partial charge in [-0.2, -0.15) is 0 Å². The number of aryl methyl sites for hydroxylation is 1. The third-order valence-electron chi connectivity index (χ3n) is 1.79. The van der Waals surface area contributed by atoms with E-state index in [4.69, 9.17) is 0 Å². The van der Waals surface area contributed by atoms with E-state index in [0.29, 0.717) is 13.0 Å². The lowest BCUT2D eigenvalue weighted by Gasteiger charge is -2.03. The fraction of sp³-hybridized carbons (Fsp3) is 0.444. The van der Waals surface area contributed by atoms with E-state index in [2.05, 4.69) is 0 Å². The molecule has 4 nitrogen and oxygen atoms in total. The van der Waals surface area contributed by atoms with Gasteiger partial charge < -0.3 is 4.57 Å². The molecule has 0 N–H and O–H groups in total. The standard InChI is InChI=1S/C9H13NO3S/c1-14(12,13)8-2-5-10-6-3-9(11)4-7-10/h3-4,6-7H,2,5,8H2,1H3. The molecule has 14 heavy (non-hydrogen) atoms. The Kier molecular flexibility index (Phi) is 3.46. The van der Waals surface area contributed by atoms with Gasteiger partial charge in [-0.05, 0) is 6.42 Å². The van der Waals surface area contributed by atoms with Crippen LogP contribution in [0.25, 0.3) is 0 Å². The van der Waals surface area contributed by atoms with Crippen molar-refractivity contribution in [3.05, 3.63) is 34.7 Å². The van der Waals surface area contributed by atoms with Crippen LogP contribution < -0.4 is 5.43 Å². The third-order valence-corrected chi connectivity index (χ3v) is 2.82. The molecule has 0 saturated carbocycles. The van der Waals surface area contributed by atoms with Gasteiger partial charge in [0.15, 0.2) is 5.43 Å². The van der Waals surface area contributed by atoms with Gasteiger partial charge in [-0.3, -0.25) is 4.79 Å². The molecule has 1 rings (SSSR count). The lowest BCUT2D eigenvalue weighted by Crippen LogP contribution is -2.08.